The fourth-order valence-corrected chi connectivity index (χ4v) is 2.95. The van der Waals surface area contributed by atoms with Crippen molar-refractivity contribution in [1.82, 2.24) is 0 Å². The van der Waals surface area contributed by atoms with Crippen LogP contribution in [0.25, 0.3) is 11.0 Å². The standard InChI is InChI=1S/C18H13BrClNO4/c1-10-5-18(23)25-15-8-16(14(20)7-13(10)15)24-9-17(22)21-12-4-2-3-11(19)6-12/h2-8H,9H2,1H3,(H,21,22). The smallest absolute Gasteiger partial charge is 0.336 e. The van der Waals surface area contributed by atoms with Gasteiger partial charge in [-0.3, -0.25) is 4.79 Å². The van der Waals surface area contributed by atoms with Crippen LogP contribution in [-0.4, -0.2) is 12.5 Å². The predicted molar refractivity (Wildman–Crippen MR) is 100 cm³/mol. The maximum Gasteiger partial charge on any atom is 0.336 e. The zero-order valence-corrected chi connectivity index (χ0v) is 15.5. The molecule has 0 aliphatic rings. The molecule has 0 saturated heterocycles. The maximum atomic E-state index is 12.0. The molecule has 2 aromatic carbocycles. The Kier molecular flexibility index (Phi) is 5.11. The van der Waals surface area contributed by atoms with Crippen molar-refractivity contribution < 1.29 is 13.9 Å². The second-order valence-corrected chi connectivity index (χ2v) is 6.70. The number of hydrogen-bond acceptors (Lipinski definition) is 4. The summed E-state index contributed by atoms with van der Waals surface area (Å²) in [5, 5.41) is 3.77. The molecule has 3 rings (SSSR count). The maximum absolute atomic E-state index is 12.0. The number of amides is 1. The minimum Gasteiger partial charge on any atom is -0.482 e. The van der Waals surface area contributed by atoms with E-state index in [0.29, 0.717) is 16.3 Å². The van der Waals surface area contributed by atoms with E-state index in [4.69, 9.17) is 20.8 Å². The monoisotopic (exact) mass is 421 g/mol. The van der Waals surface area contributed by atoms with E-state index in [0.717, 1.165) is 15.4 Å². The van der Waals surface area contributed by atoms with Crippen molar-refractivity contribution in [2.45, 2.75) is 6.92 Å². The van der Waals surface area contributed by atoms with E-state index in [9.17, 15) is 9.59 Å². The molecule has 0 atom stereocenters. The summed E-state index contributed by atoms with van der Waals surface area (Å²) < 4.78 is 11.5. The molecular weight excluding hydrogens is 410 g/mol. The van der Waals surface area contributed by atoms with Crippen LogP contribution in [0.1, 0.15) is 5.56 Å². The summed E-state index contributed by atoms with van der Waals surface area (Å²) in [5.41, 5.74) is 1.31. The summed E-state index contributed by atoms with van der Waals surface area (Å²) in [6.45, 7) is 1.56. The first-order chi connectivity index (χ1) is 11.9. The number of ether oxygens (including phenoxy) is 1. The highest BCUT2D eigenvalue weighted by Gasteiger charge is 2.11. The molecule has 128 valence electrons. The van der Waals surface area contributed by atoms with Gasteiger partial charge in [-0.25, -0.2) is 4.79 Å². The first-order valence-corrected chi connectivity index (χ1v) is 8.52. The number of nitrogens with one attached hydrogen (secondary N) is 1. The van der Waals surface area contributed by atoms with Gasteiger partial charge < -0.3 is 14.5 Å². The highest BCUT2D eigenvalue weighted by Crippen LogP contribution is 2.31. The number of halogens is 2. The molecule has 0 fully saturated rings. The largest absolute Gasteiger partial charge is 0.482 e. The van der Waals surface area contributed by atoms with E-state index in [1.54, 1.807) is 25.1 Å². The topological polar surface area (TPSA) is 68.5 Å². The summed E-state index contributed by atoms with van der Waals surface area (Å²) in [4.78, 5) is 23.5. The van der Waals surface area contributed by atoms with Gasteiger partial charge in [0.25, 0.3) is 5.91 Å². The lowest BCUT2D eigenvalue weighted by Gasteiger charge is -2.10. The van der Waals surface area contributed by atoms with Crippen LogP contribution in [-0.2, 0) is 4.79 Å². The lowest BCUT2D eigenvalue weighted by atomic mass is 10.1. The molecule has 1 N–H and O–H groups in total. The van der Waals surface area contributed by atoms with Crippen LogP contribution < -0.4 is 15.7 Å². The first kappa shape index (κ1) is 17.5. The van der Waals surface area contributed by atoms with Crippen LogP contribution in [0.4, 0.5) is 5.69 Å². The van der Waals surface area contributed by atoms with Crippen LogP contribution in [0.5, 0.6) is 5.75 Å². The van der Waals surface area contributed by atoms with Gasteiger partial charge in [0.15, 0.2) is 6.61 Å². The Morgan fingerprint density at radius 1 is 1.28 bits per heavy atom. The van der Waals surface area contributed by atoms with Gasteiger partial charge in [0.1, 0.15) is 11.3 Å². The van der Waals surface area contributed by atoms with Crippen molar-refractivity contribution in [3.05, 3.63) is 67.9 Å². The molecule has 0 radical (unpaired) electrons. The Labute approximate surface area is 156 Å². The van der Waals surface area contributed by atoms with Crippen molar-refractivity contribution in [2.24, 2.45) is 0 Å². The fourth-order valence-electron chi connectivity index (χ4n) is 2.34. The third-order valence-corrected chi connectivity index (χ3v) is 4.26. The fraction of sp³-hybridized carbons (Fsp3) is 0.111. The molecular formula is C18H13BrClNO4. The number of carbonyl (C=O) groups excluding carboxylic acids is 1. The van der Waals surface area contributed by atoms with Gasteiger partial charge in [-0.15, -0.1) is 0 Å². The van der Waals surface area contributed by atoms with Gasteiger partial charge in [0.05, 0.1) is 5.02 Å². The van der Waals surface area contributed by atoms with Crippen LogP contribution in [0.3, 0.4) is 0 Å². The number of fused-ring (bicyclic) bond motifs is 1. The van der Waals surface area contributed by atoms with E-state index in [-0.39, 0.29) is 18.3 Å². The second-order valence-electron chi connectivity index (χ2n) is 5.37. The van der Waals surface area contributed by atoms with Gasteiger partial charge >= 0.3 is 5.63 Å². The molecule has 0 saturated carbocycles. The number of aryl methyl sites for hydroxylation is 1. The third kappa shape index (κ3) is 4.21. The lowest BCUT2D eigenvalue weighted by molar-refractivity contribution is -0.118. The van der Waals surface area contributed by atoms with Gasteiger partial charge in [-0.1, -0.05) is 33.6 Å². The SMILES string of the molecule is Cc1cc(=O)oc2cc(OCC(=O)Nc3cccc(Br)c3)c(Cl)cc12. The Morgan fingerprint density at radius 2 is 2.08 bits per heavy atom. The highest BCUT2D eigenvalue weighted by molar-refractivity contribution is 9.10. The molecule has 0 unspecified atom stereocenters. The van der Waals surface area contributed by atoms with E-state index >= 15 is 0 Å². The van der Waals surface area contributed by atoms with Crippen LogP contribution >= 0.6 is 27.5 Å². The number of hydrogen-bond donors (Lipinski definition) is 1. The quantitative estimate of drug-likeness (QED) is 0.627. The summed E-state index contributed by atoms with van der Waals surface area (Å²) in [7, 11) is 0. The first-order valence-electron chi connectivity index (χ1n) is 7.34. The van der Waals surface area contributed by atoms with Crippen LogP contribution in [0, 0.1) is 6.92 Å². The molecule has 25 heavy (non-hydrogen) atoms. The van der Waals surface area contributed by atoms with Gasteiger partial charge in [0, 0.05) is 27.7 Å². The number of rotatable bonds is 4. The summed E-state index contributed by atoms with van der Waals surface area (Å²) in [6, 6.07) is 11.8. The summed E-state index contributed by atoms with van der Waals surface area (Å²) in [6.07, 6.45) is 0. The molecule has 0 aliphatic carbocycles. The van der Waals surface area contributed by atoms with Crippen LogP contribution in [0.15, 0.2) is 56.1 Å². The van der Waals surface area contributed by atoms with Crippen molar-refractivity contribution >= 4 is 50.1 Å². The Bertz CT molecular complexity index is 1020. The lowest BCUT2D eigenvalue weighted by Crippen LogP contribution is -2.20. The van der Waals surface area contributed by atoms with Gasteiger partial charge in [0.2, 0.25) is 0 Å². The van der Waals surface area contributed by atoms with Crippen molar-refractivity contribution in [1.29, 1.82) is 0 Å². The van der Waals surface area contributed by atoms with Crippen molar-refractivity contribution in [2.75, 3.05) is 11.9 Å². The average Bonchev–Trinajstić information content (AvgIpc) is 2.54. The Hall–Kier alpha value is -2.31. The van der Waals surface area contributed by atoms with E-state index in [2.05, 4.69) is 21.2 Å². The molecule has 0 aliphatic heterocycles. The molecule has 3 aromatic rings. The Morgan fingerprint density at radius 3 is 2.84 bits per heavy atom. The molecule has 1 aromatic heterocycles. The molecule has 0 spiro atoms. The average molecular weight is 423 g/mol. The third-order valence-electron chi connectivity index (χ3n) is 3.47. The second kappa shape index (κ2) is 7.29. The number of anilines is 1. The molecule has 1 amide bonds. The summed E-state index contributed by atoms with van der Waals surface area (Å²) >= 11 is 9.53. The minimum absolute atomic E-state index is 0.228. The Balaban J connectivity index is 1.75. The van der Waals surface area contributed by atoms with Crippen molar-refractivity contribution in [3.63, 3.8) is 0 Å². The van der Waals surface area contributed by atoms with E-state index in [1.807, 2.05) is 12.1 Å². The highest BCUT2D eigenvalue weighted by atomic mass is 79.9. The number of carbonyl (C=O) groups is 1. The van der Waals surface area contributed by atoms with E-state index < -0.39 is 5.63 Å². The van der Waals surface area contributed by atoms with Gasteiger partial charge in [-0.2, -0.15) is 0 Å². The van der Waals surface area contributed by atoms with Crippen LogP contribution in [0.2, 0.25) is 5.02 Å². The summed E-state index contributed by atoms with van der Waals surface area (Å²) in [5.74, 6) is -0.0627. The zero-order valence-electron chi connectivity index (χ0n) is 13.1. The van der Waals surface area contributed by atoms with E-state index in [1.165, 1.54) is 12.1 Å². The number of benzene rings is 2. The molecule has 0 bridgehead atoms. The predicted octanol–water partition coefficient (Wildman–Crippen LogP) is 4.53. The molecule has 7 heteroatoms. The van der Waals surface area contributed by atoms with Crippen molar-refractivity contribution in [3.8, 4) is 5.75 Å². The molecule has 1 heterocycles. The minimum atomic E-state index is -0.453. The normalized spacial score (nSPS) is 10.7. The zero-order chi connectivity index (χ0) is 18.0. The van der Waals surface area contributed by atoms with Gasteiger partial charge in [-0.05, 0) is 36.8 Å². The molecule has 5 nitrogen and oxygen atoms in total.